The Hall–Kier alpha value is -1.06. The number of unbranched alkanes of at least 4 members (excludes halogenated alkanes) is 28. The summed E-state index contributed by atoms with van der Waals surface area (Å²) in [6, 6.07) is 0. The van der Waals surface area contributed by atoms with Gasteiger partial charge in [0.05, 0.1) is 0 Å². The van der Waals surface area contributed by atoms with Crippen molar-refractivity contribution in [3.63, 3.8) is 0 Å². The third kappa shape index (κ3) is 29.8. The second-order valence-electron chi connectivity index (χ2n) is 16.5. The number of hydrogen-bond acceptors (Lipinski definition) is 4. The molecule has 0 aromatic rings. The summed E-state index contributed by atoms with van der Waals surface area (Å²) in [7, 11) is 0. The first kappa shape index (κ1) is 46.9. The van der Waals surface area contributed by atoms with Gasteiger partial charge in [0.25, 0.3) is 0 Å². The summed E-state index contributed by atoms with van der Waals surface area (Å²) in [6.45, 7) is 13.6. The Morgan fingerprint density at radius 1 is 0.354 bits per heavy atom. The lowest BCUT2D eigenvalue weighted by Crippen LogP contribution is -2.42. The highest BCUT2D eigenvalue weighted by Gasteiger charge is 2.40. The molecule has 4 nitrogen and oxygen atoms in total. The van der Waals surface area contributed by atoms with Crippen LogP contribution >= 0.6 is 0 Å². The van der Waals surface area contributed by atoms with E-state index in [2.05, 4.69) is 41.5 Å². The van der Waals surface area contributed by atoms with Crippen LogP contribution in [-0.2, 0) is 19.1 Å². The number of carbonyl (C=O) groups excluding carboxylic acids is 2. The summed E-state index contributed by atoms with van der Waals surface area (Å²) in [5, 5.41) is 0. The number of carbonyl (C=O) groups is 2. The van der Waals surface area contributed by atoms with Crippen LogP contribution in [0, 0.1) is 10.8 Å². The van der Waals surface area contributed by atoms with Crippen molar-refractivity contribution in [1.29, 1.82) is 0 Å². The molecule has 0 radical (unpaired) electrons. The van der Waals surface area contributed by atoms with Crippen LogP contribution in [0.15, 0.2) is 0 Å². The number of hydrogen-bond donors (Lipinski definition) is 0. The average molecular weight is 679 g/mol. The van der Waals surface area contributed by atoms with Gasteiger partial charge >= 0.3 is 11.9 Å². The third-order valence-corrected chi connectivity index (χ3v) is 10.9. The Morgan fingerprint density at radius 3 is 0.771 bits per heavy atom. The van der Waals surface area contributed by atoms with E-state index in [0.29, 0.717) is 26.1 Å². The molecule has 0 N–H and O–H groups in total. The lowest BCUT2D eigenvalue weighted by atomic mass is 9.69. The van der Waals surface area contributed by atoms with Crippen LogP contribution in [0.5, 0.6) is 0 Å². The van der Waals surface area contributed by atoms with Crippen LogP contribution in [0.4, 0.5) is 0 Å². The van der Waals surface area contributed by atoms with Crippen molar-refractivity contribution in [3.05, 3.63) is 0 Å². The fourth-order valence-corrected chi connectivity index (χ4v) is 6.38. The highest BCUT2D eigenvalue weighted by molar-refractivity contribution is 5.69. The number of esters is 2. The summed E-state index contributed by atoms with van der Waals surface area (Å²) in [4.78, 5) is 25.1. The minimum atomic E-state index is -0.414. The van der Waals surface area contributed by atoms with Gasteiger partial charge in [0.15, 0.2) is 0 Å². The monoisotopic (exact) mass is 679 g/mol. The molecule has 0 aromatic heterocycles. The molecule has 0 saturated carbocycles. The average Bonchev–Trinajstić information content (AvgIpc) is 3.05. The summed E-state index contributed by atoms with van der Waals surface area (Å²) >= 11 is 0. The Morgan fingerprint density at radius 2 is 0.562 bits per heavy atom. The van der Waals surface area contributed by atoms with Crippen molar-refractivity contribution in [2.75, 3.05) is 13.2 Å². The third-order valence-electron chi connectivity index (χ3n) is 10.9. The topological polar surface area (TPSA) is 52.6 Å². The van der Waals surface area contributed by atoms with E-state index in [4.69, 9.17) is 9.47 Å². The molecule has 0 atom stereocenters. The van der Waals surface area contributed by atoms with E-state index in [1.165, 1.54) is 167 Å². The van der Waals surface area contributed by atoms with Crippen molar-refractivity contribution in [1.82, 2.24) is 0 Å². The van der Waals surface area contributed by atoms with E-state index in [-0.39, 0.29) is 17.4 Å². The lowest BCUT2D eigenvalue weighted by molar-refractivity contribution is -0.159. The molecule has 0 aliphatic heterocycles. The normalized spacial score (nSPS) is 12.0. The summed E-state index contributed by atoms with van der Waals surface area (Å²) in [6.07, 6.45) is 40.5. The quantitative estimate of drug-likeness (QED) is 0.0489. The first-order chi connectivity index (χ1) is 23.2. The molecular formula is C44H86O4. The van der Waals surface area contributed by atoms with Crippen LogP contribution < -0.4 is 0 Å². The van der Waals surface area contributed by atoms with Gasteiger partial charge in [-0.25, -0.2) is 0 Å². The van der Waals surface area contributed by atoms with Crippen molar-refractivity contribution in [2.45, 2.75) is 247 Å². The Balaban J connectivity index is 3.84. The molecule has 0 aliphatic carbocycles. The SMILES string of the molecule is CCCCCCCCCCCCCCCCCC(=O)OCC(C)(COC(=O)CCCCCCCCCCCCCCCCC)C(C)(C)C. The molecule has 0 spiro atoms. The van der Waals surface area contributed by atoms with Crippen LogP contribution in [0.3, 0.4) is 0 Å². The van der Waals surface area contributed by atoms with Crippen molar-refractivity contribution in [3.8, 4) is 0 Å². The predicted octanol–water partition coefficient (Wildman–Crippen LogP) is 14.6. The molecule has 48 heavy (non-hydrogen) atoms. The maximum absolute atomic E-state index is 12.5. The van der Waals surface area contributed by atoms with Gasteiger partial charge in [0, 0.05) is 18.3 Å². The Kier molecular flexibility index (Phi) is 32.4. The smallest absolute Gasteiger partial charge is 0.305 e. The van der Waals surface area contributed by atoms with Gasteiger partial charge in [-0.2, -0.15) is 0 Å². The van der Waals surface area contributed by atoms with E-state index in [0.717, 1.165) is 25.7 Å². The van der Waals surface area contributed by atoms with Gasteiger partial charge in [-0.15, -0.1) is 0 Å². The zero-order chi connectivity index (χ0) is 35.6. The fourth-order valence-electron chi connectivity index (χ4n) is 6.38. The highest BCUT2D eigenvalue weighted by atomic mass is 16.5. The maximum Gasteiger partial charge on any atom is 0.305 e. The minimum absolute atomic E-state index is 0.121. The second kappa shape index (κ2) is 33.1. The van der Waals surface area contributed by atoms with Gasteiger partial charge in [-0.05, 0) is 18.3 Å². The second-order valence-corrected chi connectivity index (χ2v) is 16.5. The molecule has 0 fully saturated rings. The van der Waals surface area contributed by atoms with E-state index >= 15 is 0 Å². The van der Waals surface area contributed by atoms with E-state index in [1.807, 2.05) is 0 Å². The molecule has 0 rings (SSSR count). The molecule has 0 unspecified atom stereocenters. The van der Waals surface area contributed by atoms with Crippen LogP contribution in [0.25, 0.3) is 0 Å². The maximum atomic E-state index is 12.5. The summed E-state index contributed by atoms with van der Waals surface area (Å²) < 4.78 is 11.5. The number of ether oxygens (including phenoxy) is 2. The van der Waals surface area contributed by atoms with Gasteiger partial charge in [-0.3, -0.25) is 9.59 Å². The molecular weight excluding hydrogens is 592 g/mol. The molecule has 286 valence electrons. The zero-order valence-corrected chi connectivity index (χ0v) is 33.7. The number of rotatable bonds is 36. The summed E-state index contributed by atoms with van der Waals surface area (Å²) in [5.41, 5.74) is -0.570. The Bertz CT molecular complexity index is 659. The highest BCUT2D eigenvalue weighted by Crippen LogP contribution is 2.39. The van der Waals surface area contributed by atoms with Crippen LogP contribution in [0.1, 0.15) is 247 Å². The first-order valence-electron chi connectivity index (χ1n) is 21.5. The van der Waals surface area contributed by atoms with E-state index < -0.39 is 5.41 Å². The molecule has 0 aromatic carbocycles. The fraction of sp³-hybridized carbons (Fsp3) is 0.955. The van der Waals surface area contributed by atoms with E-state index in [9.17, 15) is 9.59 Å². The largest absolute Gasteiger partial charge is 0.465 e. The van der Waals surface area contributed by atoms with Crippen molar-refractivity contribution in [2.24, 2.45) is 10.8 Å². The van der Waals surface area contributed by atoms with Crippen LogP contribution in [-0.4, -0.2) is 25.2 Å². The van der Waals surface area contributed by atoms with Gasteiger partial charge in [0.2, 0.25) is 0 Å². The molecule has 0 amide bonds. The Labute approximate surface area is 301 Å². The minimum Gasteiger partial charge on any atom is -0.465 e. The van der Waals surface area contributed by atoms with Gasteiger partial charge in [-0.1, -0.05) is 221 Å². The molecule has 0 heterocycles. The molecule has 0 bridgehead atoms. The zero-order valence-electron chi connectivity index (χ0n) is 33.7. The lowest BCUT2D eigenvalue weighted by Gasteiger charge is -2.40. The molecule has 4 heteroatoms. The predicted molar refractivity (Wildman–Crippen MR) is 209 cm³/mol. The van der Waals surface area contributed by atoms with Crippen molar-refractivity contribution < 1.29 is 19.1 Å². The standard InChI is InChI=1S/C44H86O4/c1-7-9-11-13-15-17-19-21-23-25-27-29-31-33-35-37-41(45)47-39-44(6,43(3,4)5)40-48-42(46)38-36-34-32-30-28-26-24-22-20-18-16-14-12-10-8-2/h7-40H2,1-6H3. The van der Waals surface area contributed by atoms with Crippen LogP contribution in [0.2, 0.25) is 0 Å². The van der Waals surface area contributed by atoms with Gasteiger partial charge in [0.1, 0.15) is 13.2 Å². The molecule has 0 saturated heterocycles. The van der Waals surface area contributed by atoms with E-state index in [1.54, 1.807) is 0 Å². The first-order valence-corrected chi connectivity index (χ1v) is 21.5. The van der Waals surface area contributed by atoms with Gasteiger partial charge < -0.3 is 9.47 Å². The molecule has 0 aliphatic rings. The van der Waals surface area contributed by atoms with Crippen molar-refractivity contribution >= 4 is 11.9 Å². The summed E-state index contributed by atoms with van der Waals surface area (Å²) in [5.74, 6) is -0.242.